The number of benzene rings is 1. The fraction of sp³-hybridized carbons (Fsp3) is 0.684. The van der Waals surface area contributed by atoms with Gasteiger partial charge in [0.15, 0.2) is 0 Å². The highest BCUT2D eigenvalue weighted by molar-refractivity contribution is 5.14. The second kappa shape index (κ2) is 9.22. The Morgan fingerprint density at radius 3 is 2.67 bits per heavy atom. The molecule has 118 valence electrons. The van der Waals surface area contributed by atoms with Gasteiger partial charge in [-0.3, -0.25) is 4.90 Å². The van der Waals surface area contributed by atoms with Crippen molar-refractivity contribution in [3.8, 4) is 0 Å². The number of nitrogens with one attached hydrogen (secondary N) is 1. The summed E-state index contributed by atoms with van der Waals surface area (Å²) in [6, 6.07) is 12.3. The monoisotopic (exact) mass is 288 g/mol. The van der Waals surface area contributed by atoms with Gasteiger partial charge < -0.3 is 5.32 Å². The van der Waals surface area contributed by atoms with Gasteiger partial charge in [-0.2, -0.15) is 0 Å². The molecule has 1 N–H and O–H groups in total. The third-order valence-corrected chi connectivity index (χ3v) is 4.54. The molecule has 1 aliphatic heterocycles. The molecular weight excluding hydrogens is 256 g/mol. The average Bonchev–Trinajstić information content (AvgIpc) is 2.93. The summed E-state index contributed by atoms with van der Waals surface area (Å²) in [5.74, 6) is 0. The van der Waals surface area contributed by atoms with Crippen LogP contribution in [0.1, 0.15) is 57.9 Å². The zero-order valence-electron chi connectivity index (χ0n) is 13.9. The smallest absolute Gasteiger partial charge is 0.0234 e. The van der Waals surface area contributed by atoms with Crippen LogP contribution in [0.4, 0.5) is 0 Å². The number of likely N-dealkylation sites (tertiary alicyclic amines) is 1. The summed E-state index contributed by atoms with van der Waals surface area (Å²) in [7, 11) is 0. The van der Waals surface area contributed by atoms with Crippen LogP contribution in [-0.2, 0) is 6.54 Å². The Kier molecular flexibility index (Phi) is 7.25. The van der Waals surface area contributed by atoms with Gasteiger partial charge in [-0.15, -0.1) is 0 Å². The van der Waals surface area contributed by atoms with Crippen molar-refractivity contribution in [3.05, 3.63) is 35.9 Å². The molecule has 2 rings (SSSR count). The third-order valence-electron chi connectivity index (χ3n) is 4.54. The first-order chi connectivity index (χ1) is 10.3. The molecule has 0 amide bonds. The van der Waals surface area contributed by atoms with E-state index in [9.17, 15) is 0 Å². The summed E-state index contributed by atoms with van der Waals surface area (Å²) < 4.78 is 0. The minimum atomic E-state index is 0.696. The number of nitrogens with zero attached hydrogens (tertiary/aromatic N) is 1. The summed E-state index contributed by atoms with van der Waals surface area (Å²) in [4.78, 5) is 2.59. The van der Waals surface area contributed by atoms with Gasteiger partial charge in [-0.05, 0) is 24.8 Å². The first-order valence-electron chi connectivity index (χ1n) is 8.84. The number of hydrogen-bond donors (Lipinski definition) is 1. The van der Waals surface area contributed by atoms with Crippen molar-refractivity contribution in [3.63, 3.8) is 0 Å². The molecule has 0 bridgehead atoms. The van der Waals surface area contributed by atoms with Crippen LogP contribution >= 0.6 is 0 Å². The van der Waals surface area contributed by atoms with E-state index >= 15 is 0 Å². The molecule has 1 aliphatic rings. The Morgan fingerprint density at radius 1 is 1.14 bits per heavy atom. The van der Waals surface area contributed by atoms with Crippen molar-refractivity contribution in [2.45, 2.75) is 71.0 Å². The Hall–Kier alpha value is -0.860. The normalized spacial score (nSPS) is 20.8. The van der Waals surface area contributed by atoms with Crippen molar-refractivity contribution in [2.75, 3.05) is 13.1 Å². The van der Waals surface area contributed by atoms with Gasteiger partial charge in [-0.25, -0.2) is 0 Å². The summed E-state index contributed by atoms with van der Waals surface area (Å²) in [5, 5.41) is 3.93. The molecule has 0 aliphatic carbocycles. The molecule has 2 unspecified atom stereocenters. The summed E-state index contributed by atoms with van der Waals surface area (Å²) in [6.07, 6.45) is 7.94. The first kappa shape index (κ1) is 16.5. The Labute approximate surface area is 130 Å². The van der Waals surface area contributed by atoms with E-state index in [1.807, 2.05) is 0 Å². The quantitative estimate of drug-likeness (QED) is 0.732. The van der Waals surface area contributed by atoms with Gasteiger partial charge in [0.05, 0.1) is 0 Å². The lowest BCUT2D eigenvalue weighted by Crippen LogP contribution is -2.40. The third kappa shape index (κ3) is 5.80. The molecule has 1 fully saturated rings. The highest BCUT2D eigenvalue weighted by atomic mass is 15.2. The van der Waals surface area contributed by atoms with Crippen molar-refractivity contribution in [2.24, 2.45) is 0 Å². The van der Waals surface area contributed by atoms with Gasteiger partial charge in [0, 0.05) is 31.7 Å². The molecule has 0 spiro atoms. The van der Waals surface area contributed by atoms with E-state index in [1.165, 1.54) is 57.2 Å². The van der Waals surface area contributed by atoms with Crippen LogP contribution in [0.3, 0.4) is 0 Å². The summed E-state index contributed by atoms with van der Waals surface area (Å²) in [6.45, 7) is 8.14. The van der Waals surface area contributed by atoms with Crippen LogP contribution in [0.2, 0.25) is 0 Å². The lowest BCUT2D eigenvalue weighted by molar-refractivity contribution is 0.308. The van der Waals surface area contributed by atoms with Crippen LogP contribution in [0.15, 0.2) is 30.3 Å². The number of unbranched alkanes of at least 4 members (excludes halogenated alkanes) is 1. The van der Waals surface area contributed by atoms with E-state index in [0.717, 1.165) is 12.6 Å². The molecule has 0 saturated carbocycles. The van der Waals surface area contributed by atoms with Crippen molar-refractivity contribution in [1.82, 2.24) is 10.2 Å². The molecule has 0 aromatic heterocycles. The zero-order valence-corrected chi connectivity index (χ0v) is 13.9. The van der Waals surface area contributed by atoms with E-state index in [1.54, 1.807) is 0 Å². The molecule has 1 aromatic rings. The standard InChI is InChI=1S/C19H32N2/c1-3-5-12-18(9-4-2)20-19-13-14-21(16-19)15-17-10-7-6-8-11-17/h6-8,10-11,18-20H,3-5,9,12-16H2,1-2H3. The van der Waals surface area contributed by atoms with E-state index in [0.29, 0.717) is 6.04 Å². The van der Waals surface area contributed by atoms with E-state index in [-0.39, 0.29) is 0 Å². The highest BCUT2D eigenvalue weighted by Gasteiger charge is 2.24. The minimum Gasteiger partial charge on any atom is -0.310 e. The maximum absolute atomic E-state index is 3.93. The SMILES string of the molecule is CCCCC(CCC)NC1CCN(Cc2ccccc2)C1. The van der Waals surface area contributed by atoms with Gasteiger partial charge in [0.1, 0.15) is 0 Å². The zero-order chi connectivity index (χ0) is 14.9. The molecule has 2 nitrogen and oxygen atoms in total. The van der Waals surface area contributed by atoms with Gasteiger partial charge in [0.2, 0.25) is 0 Å². The van der Waals surface area contributed by atoms with Crippen molar-refractivity contribution in [1.29, 1.82) is 0 Å². The maximum atomic E-state index is 3.93. The molecule has 1 aromatic carbocycles. The van der Waals surface area contributed by atoms with Crippen molar-refractivity contribution >= 4 is 0 Å². The van der Waals surface area contributed by atoms with Crippen LogP contribution in [0, 0.1) is 0 Å². The Morgan fingerprint density at radius 2 is 1.95 bits per heavy atom. The second-order valence-corrected chi connectivity index (χ2v) is 6.50. The van der Waals surface area contributed by atoms with Crippen LogP contribution < -0.4 is 5.32 Å². The number of hydrogen-bond acceptors (Lipinski definition) is 2. The fourth-order valence-corrected chi connectivity index (χ4v) is 3.40. The second-order valence-electron chi connectivity index (χ2n) is 6.50. The van der Waals surface area contributed by atoms with Gasteiger partial charge in [0.25, 0.3) is 0 Å². The Balaban J connectivity index is 1.75. The molecule has 2 atom stereocenters. The highest BCUT2D eigenvalue weighted by Crippen LogP contribution is 2.16. The summed E-state index contributed by atoms with van der Waals surface area (Å²) in [5.41, 5.74) is 1.44. The molecule has 2 heteroatoms. The van der Waals surface area contributed by atoms with Crippen LogP contribution in [-0.4, -0.2) is 30.1 Å². The molecule has 21 heavy (non-hydrogen) atoms. The predicted octanol–water partition coefficient (Wildman–Crippen LogP) is 4.21. The summed E-state index contributed by atoms with van der Waals surface area (Å²) >= 11 is 0. The largest absolute Gasteiger partial charge is 0.310 e. The van der Waals surface area contributed by atoms with E-state index in [4.69, 9.17) is 0 Å². The van der Waals surface area contributed by atoms with Gasteiger partial charge in [-0.1, -0.05) is 63.4 Å². The minimum absolute atomic E-state index is 0.696. The molecule has 0 radical (unpaired) electrons. The predicted molar refractivity (Wildman–Crippen MR) is 91.5 cm³/mol. The Bertz CT molecular complexity index is 376. The average molecular weight is 288 g/mol. The van der Waals surface area contributed by atoms with Crippen LogP contribution in [0.25, 0.3) is 0 Å². The molecule has 1 saturated heterocycles. The van der Waals surface area contributed by atoms with Crippen LogP contribution in [0.5, 0.6) is 0 Å². The van der Waals surface area contributed by atoms with E-state index in [2.05, 4.69) is 54.4 Å². The maximum Gasteiger partial charge on any atom is 0.0234 e. The van der Waals surface area contributed by atoms with E-state index < -0.39 is 0 Å². The lowest BCUT2D eigenvalue weighted by atomic mass is 10.0. The fourth-order valence-electron chi connectivity index (χ4n) is 3.40. The first-order valence-corrected chi connectivity index (χ1v) is 8.84. The lowest BCUT2D eigenvalue weighted by Gasteiger charge is -2.23. The van der Waals surface area contributed by atoms with Gasteiger partial charge >= 0.3 is 0 Å². The topological polar surface area (TPSA) is 15.3 Å². The molecule has 1 heterocycles. The molecular formula is C19H32N2. The van der Waals surface area contributed by atoms with Crippen molar-refractivity contribution < 1.29 is 0 Å². The number of rotatable bonds is 9.